The fraction of sp³-hybridized carbons (Fsp3) is 0.250. The number of hydroxylamine groups is 2. The average molecular weight is 409 g/mol. The zero-order chi connectivity index (χ0) is 19.9. The lowest BCUT2D eigenvalue weighted by Gasteiger charge is -2.22. The van der Waals surface area contributed by atoms with Crippen LogP contribution in [0.1, 0.15) is 11.6 Å². The van der Waals surface area contributed by atoms with E-state index in [9.17, 15) is 30.4 Å². The SMILES string of the molecule is CN1OCC(S(=O)(=O)Oc2c(F)c(F)c(F)c(F)c2F)C1c1ccccc1. The number of hydrogen-bond acceptors (Lipinski definition) is 5. The monoisotopic (exact) mass is 409 g/mol. The van der Waals surface area contributed by atoms with Crippen LogP contribution in [-0.4, -0.2) is 32.4 Å². The molecular weight excluding hydrogens is 397 g/mol. The van der Waals surface area contributed by atoms with E-state index in [1.165, 1.54) is 12.1 Å². The van der Waals surface area contributed by atoms with Gasteiger partial charge >= 0.3 is 10.1 Å². The van der Waals surface area contributed by atoms with E-state index in [0.29, 0.717) is 5.56 Å². The summed E-state index contributed by atoms with van der Waals surface area (Å²) < 4.78 is 96.6. The van der Waals surface area contributed by atoms with Gasteiger partial charge in [-0.2, -0.15) is 22.3 Å². The molecule has 146 valence electrons. The first-order valence-corrected chi connectivity index (χ1v) is 8.97. The van der Waals surface area contributed by atoms with Crippen LogP contribution in [0.2, 0.25) is 0 Å². The second-order valence-corrected chi connectivity index (χ2v) is 7.47. The number of hydrogen-bond donors (Lipinski definition) is 0. The molecule has 0 radical (unpaired) electrons. The van der Waals surface area contributed by atoms with Crippen LogP contribution in [0.4, 0.5) is 22.0 Å². The van der Waals surface area contributed by atoms with Gasteiger partial charge in [-0.3, -0.25) is 4.84 Å². The van der Waals surface area contributed by atoms with Gasteiger partial charge in [0.05, 0.1) is 12.6 Å². The summed E-state index contributed by atoms with van der Waals surface area (Å²) in [7, 11) is -3.40. The molecule has 0 N–H and O–H groups in total. The van der Waals surface area contributed by atoms with Crippen LogP contribution < -0.4 is 4.18 Å². The summed E-state index contributed by atoms with van der Waals surface area (Å²) in [4.78, 5) is 5.16. The summed E-state index contributed by atoms with van der Waals surface area (Å²) in [6.07, 6.45) is 0. The van der Waals surface area contributed by atoms with Crippen molar-refractivity contribution in [3.8, 4) is 5.75 Å². The molecule has 5 nitrogen and oxygen atoms in total. The normalized spacial score (nSPS) is 20.8. The molecule has 2 aromatic rings. The minimum Gasteiger partial charge on any atom is -0.376 e. The fourth-order valence-corrected chi connectivity index (χ4v) is 4.12. The first kappa shape index (κ1) is 19.5. The van der Waals surface area contributed by atoms with Crippen molar-refractivity contribution in [3.05, 3.63) is 65.0 Å². The third kappa shape index (κ3) is 3.37. The van der Waals surface area contributed by atoms with Crippen molar-refractivity contribution in [2.75, 3.05) is 13.7 Å². The maximum Gasteiger partial charge on any atom is 0.316 e. The summed E-state index contributed by atoms with van der Waals surface area (Å²) in [5, 5.41) is -0.265. The van der Waals surface area contributed by atoms with Gasteiger partial charge in [-0.1, -0.05) is 30.3 Å². The summed E-state index contributed by atoms with van der Waals surface area (Å²) in [6.45, 7) is -0.437. The molecule has 2 atom stereocenters. The molecule has 2 aromatic carbocycles. The van der Waals surface area contributed by atoms with Crippen LogP contribution in [0.25, 0.3) is 0 Å². The highest BCUT2D eigenvalue weighted by atomic mass is 32.2. The molecule has 0 bridgehead atoms. The Kier molecular flexibility index (Phi) is 5.10. The van der Waals surface area contributed by atoms with Crippen molar-refractivity contribution in [3.63, 3.8) is 0 Å². The van der Waals surface area contributed by atoms with Gasteiger partial charge in [-0.15, -0.1) is 0 Å². The van der Waals surface area contributed by atoms with Crippen molar-refractivity contribution in [2.24, 2.45) is 0 Å². The lowest BCUT2D eigenvalue weighted by Crippen LogP contribution is -2.34. The molecule has 27 heavy (non-hydrogen) atoms. The Morgan fingerprint density at radius 3 is 2.04 bits per heavy atom. The average Bonchev–Trinajstić information content (AvgIpc) is 3.05. The highest BCUT2D eigenvalue weighted by Crippen LogP contribution is 2.36. The molecule has 3 rings (SSSR count). The zero-order valence-electron chi connectivity index (χ0n) is 13.6. The quantitative estimate of drug-likeness (QED) is 0.336. The summed E-state index contributed by atoms with van der Waals surface area (Å²) in [6, 6.07) is 7.23. The maximum absolute atomic E-state index is 13.8. The van der Waals surface area contributed by atoms with E-state index in [0.717, 1.165) is 0 Å². The predicted octanol–water partition coefficient (Wildman–Crippen LogP) is 3.08. The van der Waals surface area contributed by atoms with Crippen molar-refractivity contribution < 1.29 is 39.4 Å². The Labute approximate surface area is 151 Å². The lowest BCUT2D eigenvalue weighted by atomic mass is 10.0. The molecule has 1 aliphatic heterocycles. The molecule has 0 spiro atoms. The van der Waals surface area contributed by atoms with Gasteiger partial charge in [0, 0.05) is 7.05 Å². The van der Waals surface area contributed by atoms with Crippen LogP contribution in [0, 0.1) is 29.1 Å². The van der Waals surface area contributed by atoms with E-state index < -0.39 is 62.9 Å². The Bertz CT molecular complexity index is 942. The Balaban J connectivity index is 2.01. The Morgan fingerprint density at radius 1 is 0.963 bits per heavy atom. The van der Waals surface area contributed by atoms with Crippen molar-refractivity contribution in [2.45, 2.75) is 11.3 Å². The van der Waals surface area contributed by atoms with Crippen LogP contribution >= 0.6 is 0 Å². The minimum absolute atomic E-state index is 0.437. The summed E-state index contributed by atoms with van der Waals surface area (Å²) >= 11 is 0. The molecule has 0 aliphatic carbocycles. The van der Waals surface area contributed by atoms with E-state index in [1.807, 2.05) is 0 Å². The predicted molar refractivity (Wildman–Crippen MR) is 82.5 cm³/mol. The van der Waals surface area contributed by atoms with E-state index in [-0.39, 0.29) is 0 Å². The smallest absolute Gasteiger partial charge is 0.316 e. The van der Waals surface area contributed by atoms with E-state index in [4.69, 9.17) is 4.84 Å². The number of benzene rings is 2. The summed E-state index contributed by atoms with van der Waals surface area (Å²) in [5.41, 5.74) is 0.493. The van der Waals surface area contributed by atoms with Gasteiger partial charge < -0.3 is 4.18 Å². The van der Waals surface area contributed by atoms with Gasteiger partial charge in [-0.05, 0) is 5.56 Å². The van der Waals surface area contributed by atoms with Crippen LogP contribution in [0.15, 0.2) is 30.3 Å². The third-order valence-corrected chi connectivity index (χ3v) is 5.60. The highest BCUT2D eigenvalue weighted by molar-refractivity contribution is 7.87. The molecule has 0 amide bonds. The first-order valence-electron chi connectivity index (χ1n) is 7.50. The molecule has 0 aromatic heterocycles. The number of halogens is 5. The lowest BCUT2D eigenvalue weighted by molar-refractivity contribution is -0.110. The first-order chi connectivity index (χ1) is 12.6. The van der Waals surface area contributed by atoms with E-state index in [1.54, 1.807) is 30.3 Å². The molecule has 2 unspecified atom stereocenters. The van der Waals surface area contributed by atoms with Gasteiger partial charge in [0.1, 0.15) is 5.25 Å². The van der Waals surface area contributed by atoms with Gasteiger partial charge in [0.25, 0.3) is 0 Å². The van der Waals surface area contributed by atoms with Crippen molar-refractivity contribution in [1.29, 1.82) is 0 Å². The third-order valence-electron chi connectivity index (χ3n) is 4.07. The Hall–Kier alpha value is -2.24. The van der Waals surface area contributed by atoms with Crippen LogP contribution in [0.3, 0.4) is 0 Å². The topological polar surface area (TPSA) is 55.8 Å². The fourth-order valence-electron chi connectivity index (χ4n) is 2.75. The molecule has 1 aliphatic rings. The highest BCUT2D eigenvalue weighted by Gasteiger charge is 2.45. The van der Waals surface area contributed by atoms with Crippen LogP contribution in [0.5, 0.6) is 5.75 Å². The van der Waals surface area contributed by atoms with Gasteiger partial charge in [-0.25, -0.2) is 13.2 Å². The van der Waals surface area contributed by atoms with E-state index in [2.05, 4.69) is 4.18 Å². The second kappa shape index (κ2) is 7.06. The number of nitrogens with zero attached hydrogens (tertiary/aromatic N) is 1. The van der Waals surface area contributed by atoms with Gasteiger partial charge in [0.15, 0.2) is 0 Å². The van der Waals surface area contributed by atoms with Gasteiger partial charge in [0.2, 0.25) is 34.8 Å². The summed E-state index contributed by atoms with van der Waals surface area (Å²) in [5.74, 6) is -13.7. The molecule has 1 saturated heterocycles. The number of rotatable bonds is 4. The van der Waals surface area contributed by atoms with Crippen molar-refractivity contribution in [1.82, 2.24) is 5.06 Å². The molecule has 1 heterocycles. The second-order valence-electron chi connectivity index (χ2n) is 5.71. The Morgan fingerprint density at radius 2 is 1.48 bits per heavy atom. The molecule has 11 heteroatoms. The zero-order valence-corrected chi connectivity index (χ0v) is 14.4. The molecule has 1 fully saturated rings. The maximum atomic E-state index is 13.8. The minimum atomic E-state index is -4.84. The standard InChI is InChI=1S/C16H12F5NO4S/c1-22-15(8-5-3-2-4-6-8)9(7-25-22)27(23,24)26-16-13(20)11(18)10(17)12(19)14(16)21/h2-6,9,15H,7H2,1H3. The molecule has 0 saturated carbocycles. The van der Waals surface area contributed by atoms with E-state index >= 15 is 0 Å². The largest absolute Gasteiger partial charge is 0.376 e. The van der Waals surface area contributed by atoms with Crippen molar-refractivity contribution >= 4 is 10.1 Å². The van der Waals surface area contributed by atoms with Crippen LogP contribution in [-0.2, 0) is 15.0 Å². The molecular formula is C16H12F5NO4S.